The lowest BCUT2D eigenvalue weighted by Gasteiger charge is -2.24. The first-order valence-electron chi connectivity index (χ1n) is 9.01. The molecular weight excluding hydrogens is 304 g/mol. The molecule has 0 saturated carbocycles. The Labute approximate surface area is 145 Å². The van der Waals surface area contributed by atoms with Crippen LogP contribution >= 0.6 is 0 Å². The third kappa shape index (κ3) is 6.73. The molecule has 0 fully saturated rings. The van der Waals surface area contributed by atoms with E-state index in [2.05, 4.69) is 6.92 Å². The predicted octanol–water partition coefficient (Wildman–Crippen LogP) is 4.17. The van der Waals surface area contributed by atoms with E-state index in [4.69, 9.17) is 9.47 Å². The molecule has 24 heavy (non-hydrogen) atoms. The second-order valence-corrected chi connectivity index (χ2v) is 6.05. The fourth-order valence-electron chi connectivity index (χ4n) is 2.74. The molecule has 0 saturated heterocycles. The fourth-order valence-corrected chi connectivity index (χ4v) is 2.74. The highest BCUT2D eigenvalue weighted by Crippen LogP contribution is 2.25. The first-order chi connectivity index (χ1) is 11.6. The SMILES string of the molecule is CCCOC(=O)C(C(=O)OCCC)C(CCC)Cc1ccccc1. The van der Waals surface area contributed by atoms with Gasteiger partial charge in [0.25, 0.3) is 0 Å². The predicted molar refractivity (Wildman–Crippen MR) is 94.5 cm³/mol. The van der Waals surface area contributed by atoms with Gasteiger partial charge in [-0.1, -0.05) is 57.5 Å². The van der Waals surface area contributed by atoms with E-state index in [0.29, 0.717) is 19.6 Å². The highest BCUT2D eigenvalue weighted by atomic mass is 16.6. The Balaban J connectivity index is 2.95. The number of carbonyl (C=O) groups excluding carboxylic acids is 2. The highest BCUT2D eigenvalue weighted by Gasteiger charge is 2.37. The van der Waals surface area contributed by atoms with Crippen molar-refractivity contribution in [3.8, 4) is 0 Å². The fraction of sp³-hybridized carbons (Fsp3) is 0.600. The molecular formula is C20H30O4. The molecule has 0 amide bonds. The lowest BCUT2D eigenvalue weighted by molar-refractivity contribution is -0.165. The van der Waals surface area contributed by atoms with E-state index in [1.165, 1.54) is 0 Å². The summed E-state index contributed by atoms with van der Waals surface area (Å²) in [5, 5.41) is 0. The Hall–Kier alpha value is -1.84. The molecule has 1 rings (SSSR count). The molecule has 1 aromatic rings. The van der Waals surface area contributed by atoms with E-state index in [1.807, 2.05) is 44.2 Å². The van der Waals surface area contributed by atoms with Crippen molar-refractivity contribution in [2.75, 3.05) is 13.2 Å². The van der Waals surface area contributed by atoms with Crippen LogP contribution in [-0.4, -0.2) is 25.2 Å². The topological polar surface area (TPSA) is 52.6 Å². The Kier molecular flexibility index (Phi) is 9.81. The Bertz CT molecular complexity index is 464. The summed E-state index contributed by atoms with van der Waals surface area (Å²) in [6, 6.07) is 9.94. The summed E-state index contributed by atoms with van der Waals surface area (Å²) in [6.07, 6.45) is 3.82. The van der Waals surface area contributed by atoms with Gasteiger partial charge in [0, 0.05) is 0 Å². The van der Waals surface area contributed by atoms with E-state index in [-0.39, 0.29) is 5.92 Å². The standard InChI is InChI=1S/C20H30O4/c1-4-10-17(15-16-11-8-7-9-12-16)18(19(21)23-13-5-2)20(22)24-14-6-3/h7-9,11-12,17-18H,4-6,10,13-15H2,1-3H3. The summed E-state index contributed by atoms with van der Waals surface area (Å²) in [4.78, 5) is 25.0. The molecule has 1 unspecified atom stereocenters. The van der Waals surface area contributed by atoms with Gasteiger partial charge in [0.1, 0.15) is 0 Å². The molecule has 0 radical (unpaired) electrons. The van der Waals surface area contributed by atoms with Gasteiger partial charge in [0.15, 0.2) is 5.92 Å². The minimum atomic E-state index is -0.844. The van der Waals surface area contributed by atoms with E-state index in [1.54, 1.807) is 0 Å². The van der Waals surface area contributed by atoms with Gasteiger partial charge in [0.2, 0.25) is 0 Å². The maximum Gasteiger partial charge on any atom is 0.320 e. The van der Waals surface area contributed by atoms with Crippen molar-refractivity contribution in [2.45, 2.75) is 52.9 Å². The Morgan fingerprint density at radius 3 is 1.88 bits per heavy atom. The van der Waals surface area contributed by atoms with Gasteiger partial charge in [0.05, 0.1) is 13.2 Å². The number of carbonyl (C=O) groups is 2. The first kappa shape index (κ1) is 20.2. The van der Waals surface area contributed by atoms with Crippen LogP contribution in [0.5, 0.6) is 0 Å². The van der Waals surface area contributed by atoms with E-state index < -0.39 is 17.9 Å². The van der Waals surface area contributed by atoms with Gasteiger partial charge < -0.3 is 9.47 Å². The van der Waals surface area contributed by atoms with E-state index >= 15 is 0 Å². The number of rotatable bonds is 11. The van der Waals surface area contributed by atoms with Crippen LogP contribution in [-0.2, 0) is 25.5 Å². The maximum atomic E-state index is 12.5. The van der Waals surface area contributed by atoms with Crippen molar-refractivity contribution in [3.63, 3.8) is 0 Å². The monoisotopic (exact) mass is 334 g/mol. The molecule has 0 aromatic heterocycles. The average molecular weight is 334 g/mol. The molecule has 0 N–H and O–H groups in total. The molecule has 4 heteroatoms. The molecule has 1 atom stereocenters. The van der Waals surface area contributed by atoms with Crippen molar-refractivity contribution >= 4 is 11.9 Å². The normalized spacial score (nSPS) is 12.0. The second-order valence-electron chi connectivity index (χ2n) is 6.05. The third-order valence-electron chi connectivity index (χ3n) is 3.88. The zero-order valence-corrected chi connectivity index (χ0v) is 15.1. The van der Waals surface area contributed by atoms with Gasteiger partial charge in [-0.05, 0) is 37.2 Å². The molecule has 0 heterocycles. The molecule has 0 aliphatic rings. The summed E-state index contributed by atoms with van der Waals surface area (Å²) < 4.78 is 10.6. The number of hydrogen-bond donors (Lipinski definition) is 0. The molecule has 4 nitrogen and oxygen atoms in total. The number of hydrogen-bond acceptors (Lipinski definition) is 4. The molecule has 0 aliphatic carbocycles. The van der Waals surface area contributed by atoms with Gasteiger partial charge in [-0.15, -0.1) is 0 Å². The molecule has 0 spiro atoms. The Morgan fingerprint density at radius 1 is 0.875 bits per heavy atom. The molecule has 1 aromatic carbocycles. The molecule has 0 aliphatic heterocycles. The van der Waals surface area contributed by atoms with Gasteiger partial charge >= 0.3 is 11.9 Å². The van der Waals surface area contributed by atoms with Crippen molar-refractivity contribution in [1.29, 1.82) is 0 Å². The van der Waals surface area contributed by atoms with Crippen LogP contribution in [0.2, 0.25) is 0 Å². The maximum absolute atomic E-state index is 12.5. The van der Waals surface area contributed by atoms with Crippen molar-refractivity contribution in [3.05, 3.63) is 35.9 Å². The first-order valence-corrected chi connectivity index (χ1v) is 9.01. The smallest absolute Gasteiger partial charge is 0.320 e. The van der Waals surface area contributed by atoms with Crippen LogP contribution in [0.3, 0.4) is 0 Å². The van der Waals surface area contributed by atoms with Crippen LogP contribution in [0.4, 0.5) is 0 Å². The summed E-state index contributed by atoms with van der Waals surface area (Å²) in [6.45, 7) is 6.60. The summed E-state index contributed by atoms with van der Waals surface area (Å²) in [5.74, 6) is -1.85. The minimum Gasteiger partial charge on any atom is -0.465 e. The molecule has 134 valence electrons. The quantitative estimate of drug-likeness (QED) is 0.450. The zero-order valence-electron chi connectivity index (χ0n) is 15.1. The number of benzene rings is 1. The zero-order chi connectivity index (χ0) is 17.8. The largest absolute Gasteiger partial charge is 0.465 e. The lowest BCUT2D eigenvalue weighted by Crippen LogP contribution is -2.36. The van der Waals surface area contributed by atoms with Crippen LogP contribution in [0.1, 0.15) is 52.0 Å². The summed E-state index contributed by atoms with van der Waals surface area (Å²) in [7, 11) is 0. The van der Waals surface area contributed by atoms with E-state index in [9.17, 15) is 9.59 Å². The second kappa shape index (κ2) is 11.7. The Morgan fingerprint density at radius 2 is 1.42 bits per heavy atom. The van der Waals surface area contributed by atoms with Crippen molar-refractivity contribution < 1.29 is 19.1 Å². The van der Waals surface area contributed by atoms with Gasteiger partial charge in [-0.2, -0.15) is 0 Å². The minimum absolute atomic E-state index is 0.105. The lowest BCUT2D eigenvalue weighted by atomic mass is 9.83. The third-order valence-corrected chi connectivity index (χ3v) is 3.88. The highest BCUT2D eigenvalue weighted by molar-refractivity contribution is 5.95. The van der Waals surface area contributed by atoms with E-state index in [0.717, 1.165) is 31.2 Å². The van der Waals surface area contributed by atoms with Gasteiger partial charge in [-0.3, -0.25) is 9.59 Å². The van der Waals surface area contributed by atoms with Crippen molar-refractivity contribution in [1.82, 2.24) is 0 Å². The van der Waals surface area contributed by atoms with Crippen LogP contribution in [0.15, 0.2) is 30.3 Å². The number of esters is 2. The van der Waals surface area contributed by atoms with Gasteiger partial charge in [-0.25, -0.2) is 0 Å². The van der Waals surface area contributed by atoms with Crippen molar-refractivity contribution in [2.24, 2.45) is 11.8 Å². The van der Waals surface area contributed by atoms with Crippen LogP contribution in [0, 0.1) is 11.8 Å². The van der Waals surface area contributed by atoms with Crippen LogP contribution < -0.4 is 0 Å². The summed E-state index contributed by atoms with van der Waals surface area (Å²) in [5.41, 5.74) is 1.12. The average Bonchev–Trinajstić information content (AvgIpc) is 2.59. The number of ether oxygens (including phenoxy) is 2. The summed E-state index contributed by atoms with van der Waals surface area (Å²) >= 11 is 0. The van der Waals surface area contributed by atoms with Crippen LogP contribution in [0.25, 0.3) is 0 Å². The molecule has 0 bridgehead atoms.